The minimum atomic E-state index is -0.811. The van der Waals surface area contributed by atoms with Crippen molar-refractivity contribution in [3.63, 3.8) is 0 Å². The molecular weight excluding hydrogens is 190 g/mol. The van der Waals surface area contributed by atoms with Crippen LogP contribution in [0.5, 0.6) is 0 Å². The highest BCUT2D eigenvalue weighted by atomic mass is 16.7. The summed E-state index contributed by atoms with van der Waals surface area (Å²) in [5, 5.41) is 13.2. The molecule has 0 aliphatic carbocycles. The fraction of sp³-hybridized carbons (Fsp3) is 1.00. The molecule has 3 unspecified atom stereocenters. The van der Waals surface area contributed by atoms with Crippen LogP contribution in [-0.4, -0.2) is 49.5 Å². The van der Waals surface area contributed by atoms with Crippen LogP contribution in [0.15, 0.2) is 5.11 Å². The highest BCUT2D eigenvalue weighted by Gasteiger charge is 2.50. The molecule has 0 aromatic rings. The van der Waals surface area contributed by atoms with E-state index in [0.717, 1.165) is 0 Å². The zero-order chi connectivity index (χ0) is 10.1. The van der Waals surface area contributed by atoms with Crippen LogP contribution in [0.3, 0.4) is 0 Å². The Morgan fingerprint density at radius 2 is 2.43 bits per heavy atom. The van der Waals surface area contributed by atoms with E-state index in [1.807, 2.05) is 0 Å². The molecule has 0 aromatic carbocycles. The van der Waals surface area contributed by atoms with Gasteiger partial charge in [0.15, 0.2) is 6.29 Å². The van der Waals surface area contributed by atoms with E-state index in [4.69, 9.17) is 19.7 Å². The molecule has 5 atom stereocenters. The van der Waals surface area contributed by atoms with Crippen molar-refractivity contribution < 1.29 is 19.3 Å². The number of fused-ring (bicyclic) bond motifs is 2. The summed E-state index contributed by atoms with van der Waals surface area (Å²) in [6.45, 7) is 0.309. The number of methoxy groups -OCH3 is 1. The molecule has 14 heavy (non-hydrogen) atoms. The lowest BCUT2D eigenvalue weighted by Crippen LogP contribution is -2.53. The first-order chi connectivity index (χ1) is 6.77. The van der Waals surface area contributed by atoms with Crippen molar-refractivity contribution >= 4 is 0 Å². The lowest BCUT2D eigenvalue weighted by molar-refractivity contribution is -0.185. The number of aliphatic hydroxyl groups is 1. The molecule has 0 spiro atoms. The predicted octanol–water partition coefficient (Wildman–Crippen LogP) is -0.204. The molecule has 2 saturated heterocycles. The summed E-state index contributed by atoms with van der Waals surface area (Å²) in [6.07, 6.45) is -2.34. The van der Waals surface area contributed by atoms with Gasteiger partial charge in [0, 0.05) is 12.0 Å². The van der Waals surface area contributed by atoms with Crippen LogP contribution in [0.4, 0.5) is 0 Å². The van der Waals surface area contributed by atoms with E-state index in [9.17, 15) is 5.11 Å². The second-order valence-electron chi connectivity index (χ2n) is 3.26. The molecule has 0 saturated carbocycles. The Balaban J connectivity index is 2.23. The van der Waals surface area contributed by atoms with E-state index in [1.54, 1.807) is 0 Å². The Kier molecular flexibility index (Phi) is 2.58. The molecule has 0 radical (unpaired) electrons. The lowest BCUT2D eigenvalue weighted by atomic mass is 9.99. The monoisotopic (exact) mass is 201 g/mol. The third-order valence-electron chi connectivity index (χ3n) is 2.52. The number of hydrogen-bond donors (Lipinski definition) is 1. The molecule has 2 aliphatic rings. The molecule has 2 fully saturated rings. The van der Waals surface area contributed by atoms with Gasteiger partial charge in [-0.3, -0.25) is 0 Å². The van der Waals surface area contributed by atoms with Gasteiger partial charge in [0.05, 0.1) is 12.7 Å². The number of nitrogens with zero attached hydrogens (tertiary/aromatic N) is 3. The van der Waals surface area contributed by atoms with E-state index in [-0.39, 0.29) is 6.10 Å². The zero-order valence-corrected chi connectivity index (χ0v) is 7.61. The number of ether oxygens (including phenoxy) is 3. The van der Waals surface area contributed by atoms with Crippen molar-refractivity contribution in [1.29, 1.82) is 0 Å². The standard InChI is InChI=1S/C7H11N3O4/c1-12-6-4(9-10-8)7-13-2-3(14-7)5(6)11/h3-7,11H,2H2,1H3/t3?,4?,5-,6?,7-/m1/s1. The van der Waals surface area contributed by atoms with Crippen LogP contribution in [0.25, 0.3) is 10.4 Å². The Hall–Kier alpha value is -0.850. The number of aliphatic hydroxyl groups excluding tert-OH is 1. The minimum absolute atomic E-state index is 0.309. The van der Waals surface area contributed by atoms with Crippen molar-refractivity contribution in [1.82, 2.24) is 0 Å². The fourth-order valence-corrected chi connectivity index (χ4v) is 1.83. The average molecular weight is 201 g/mol. The Bertz CT molecular complexity index is 268. The first-order valence-corrected chi connectivity index (χ1v) is 4.30. The van der Waals surface area contributed by atoms with Gasteiger partial charge in [0.25, 0.3) is 0 Å². The lowest BCUT2D eigenvalue weighted by Gasteiger charge is -2.35. The van der Waals surface area contributed by atoms with Crippen molar-refractivity contribution in [2.45, 2.75) is 30.6 Å². The third kappa shape index (κ3) is 1.35. The van der Waals surface area contributed by atoms with E-state index in [2.05, 4.69) is 10.0 Å². The molecule has 78 valence electrons. The van der Waals surface area contributed by atoms with Gasteiger partial charge in [0.1, 0.15) is 18.2 Å². The Morgan fingerprint density at radius 1 is 1.64 bits per heavy atom. The maximum Gasteiger partial charge on any atom is 0.169 e. The molecule has 2 heterocycles. The van der Waals surface area contributed by atoms with Crippen LogP contribution in [-0.2, 0) is 14.2 Å². The van der Waals surface area contributed by atoms with E-state index in [0.29, 0.717) is 6.61 Å². The molecule has 0 aromatic heterocycles. The van der Waals surface area contributed by atoms with Gasteiger partial charge in [-0.05, 0) is 5.53 Å². The van der Waals surface area contributed by atoms with Crippen LogP contribution in [0.2, 0.25) is 0 Å². The van der Waals surface area contributed by atoms with Gasteiger partial charge in [-0.2, -0.15) is 0 Å². The fourth-order valence-electron chi connectivity index (χ4n) is 1.83. The molecule has 2 bridgehead atoms. The summed E-state index contributed by atoms with van der Waals surface area (Å²) in [7, 11) is 1.46. The molecule has 0 amide bonds. The summed E-state index contributed by atoms with van der Waals surface area (Å²) in [6, 6.07) is -0.626. The van der Waals surface area contributed by atoms with Crippen LogP contribution in [0.1, 0.15) is 0 Å². The predicted molar refractivity (Wildman–Crippen MR) is 44.4 cm³/mol. The smallest absolute Gasteiger partial charge is 0.169 e. The first-order valence-electron chi connectivity index (χ1n) is 4.30. The Labute approximate surface area is 80.2 Å². The van der Waals surface area contributed by atoms with Crippen molar-refractivity contribution in [3.8, 4) is 0 Å². The molecule has 2 rings (SSSR count). The zero-order valence-electron chi connectivity index (χ0n) is 7.61. The SMILES string of the molecule is COC1C(N=[N+]=[N-])[C@@H]2OCC(O2)[C@H]1O. The average Bonchev–Trinajstić information content (AvgIpc) is 2.61. The summed E-state index contributed by atoms with van der Waals surface area (Å²) in [4.78, 5) is 2.68. The third-order valence-corrected chi connectivity index (χ3v) is 2.52. The number of rotatable bonds is 2. The van der Waals surface area contributed by atoms with Crippen LogP contribution < -0.4 is 0 Å². The van der Waals surface area contributed by atoms with E-state index < -0.39 is 24.5 Å². The van der Waals surface area contributed by atoms with Crippen molar-refractivity contribution in [3.05, 3.63) is 10.4 Å². The van der Waals surface area contributed by atoms with Crippen LogP contribution >= 0.6 is 0 Å². The minimum Gasteiger partial charge on any atom is -0.388 e. The Morgan fingerprint density at radius 3 is 3.07 bits per heavy atom. The molecule has 2 aliphatic heterocycles. The summed E-state index contributed by atoms with van der Waals surface area (Å²) < 4.78 is 15.6. The topological polar surface area (TPSA) is 96.7 Å². The van der Waals surface area contributed by atoms with Gasteiger partial charge in [0.2, 0.25) is 0 Å². The quantitative estimate of drug-likeness (QED) is 0.380. The van der Waals surface area contributed by atoms with Gasteiger partial charge >= 0.3 is 0 Å². The van der Waals surface area contributed by atoms with E-state index in [1.165, 1.54) is 7.11 Å². The summed E-state index contributed by atoms with van der Waals surface area (Å²) in [5.41, 5.74) is 8.36. The van der Waals surface area contributed by atoms with Gasteiger partial charge in [-0.15, -0.1) is 0 Å². The first kappa shape index (κ1) is 9.70. The largest absolute Gasteiger partial charge is 0.388 e. The van der Waals surface area contributed by atoms with Crippen molar-refractivity contribution in [2.24, 2.45) is 5.11 Å². The van der Waals surface area contributed by atoms with Gasteiger partial charge < -0.3 is 19.3 Å². The molecule has 7 heteroatoms. The van der Waals surface area contributed by atoms with Crippen molar-refractivity contribution in [2.75, 3.05) is 13.7 Å². The number of azide groups is 1. The maximum atomic E-state index is 9.74. The summed E-state index contributed by atoms with van der Waals surface area (Å²) >= 11 is 0. The molecular formula is C7H11N3O4. The number of hydrogen-bond acceptors (Lipinski definition) is 5. The normalized spacial score (nSPS) is 46.0. The second kappa shape index (κ2) is 3.72. The highest BCUT2D eigenvalue weighted by Crippen LogP contribution is 2.31. The molecule has 7 nitrogen and oxygen atoms in total. The van der Waals surface area contributed by atoms with Gasteiger partial charge in [-0.1, -0.05) is 5.11 Å². The second-order valence-corrected chi connectivity index (χ2v) is 3.26. The van der Waals surface area contributed by atoms with E-state index >= 15 is 0 Å². The summed E-state index contributed by atoms with van der Waals surface area (Å²) in [5.74, 6) is 0. The molecule has 1 N–H and O–H groups in total. The maximum absolute atomic E-state index is 9.74. The van der Waals surface area contributed by atoms with Gasteiger partial charge in [-0.25, -0.2) is 0 Å². The highest BCUT2D eigenvalue weighted by molar-refractivity contribution is 4.97. The van der Waals surface area contributed by atoms with Crippen LogP contribution in [0, 0.1) is 0 Å².